The van der Waals surface area contributed by atoms with Crippen LogP contribution in [0.2, 0.25) is 5.02 Å². The van der Waals surface area contributed by atoms with Crippen LogP contribution in [0.15, 0.2) is 22.7 Å². The fourth-order valence-electron chi connectivity index (χ4n) is 1.25. The van der Waals surface area contributed by atoms with Gasteiger partial charge in [-0.1, -0.05) is 33.6 Å². The molecule has 4 heteroatoms. The van der Waals surface area contributed by atoms with Crippen LogP contribution in [0.5, 0.6) is 0 Å². The van der Waals surface area contributed by atoms with Gasteiger partial charge in [0.05, 0.1) is 6.04 Å². The Kier molecular flexibility index (Phi) is 5.13. The van der Waals surface area contributed by atoms with Crippen LogP contribution < -0.4 is 11.3 Å². The SMILES string of the molecule is CC#CCC(NN)c1ccc(Cl)cc1Br. The van der Waals surface area contributed by atoms with Crippen LogP contribution in [0, 0.1) is 11.8 Å². The zero-order valence-electron chi connectivity index (χ0n) is 8.35. The molecule has 0 aromatic heterocycles. The first kappa shape index (κ1) is 12.5. The first-order valence-corrected chi connectivity index (χ1v) is 5.66. The predicted octanol–water partition coefficient (Wildman–Crippen LogP) is 3.02. The van der Waals surface area contributed by atoms with Crippen molar-refractivity contribution in [2.75, 3.05) is 0 Å². The predicted molar refractivity (Wildman–Crippen MR) is 67.3 cm³/mol. The second-order valence-corrected chi connectivity index (χ2v) is 4.31. The van der Waals surface area contributed by atoms with E-state index in [-0.39, 0.29) is 6.04 Å². The van der Waals surface area contributed by atoms with E-state index in [2.05, 4.69) is 33.2 Å². The molecule has 0 radical (unpaired) electrons. The number of benzene rings is 1. The lowest BCUT2D eigenvalue weighted by Crippen LogP contribution is -2.27. The van der Waals surface area contributed by atoms with Gasteiger partial charge in [-0.15, -0.1) is 11.8 Å². The van der Waals surface area contributed by atoms with E-state index in [9.17, 15) is 0 Å². The summed E-state index contributed by atoms with van der Waals surface area (Å²) in [4.78, 5) is 0. The van der Waals surface area contributed by atoms with Gasteiger partial charge in [0.25, 0.3) is 0 Å². The molecule has 0 saturated heterocycles. The van der Waals surface area contributed by atoms with E-state index in [1.54, 1.807) is 0 Å². The monoisotopic (exact) mass is 286 g/mol. The lowest BCUT2D eigenvalue weighted by molar-refractivity contribution is 0.566. The molecule has 80 valence electrons. The Morgan fingerprint density at radius 3 is 2.87 bits per heavy atom. The second kappa shape index (κ2) is 6.14. The summed E-state index contributed by atoms with van der Waals surface area (Å²) in [5, 5.41) is 0.697. The summed E-state index contributed by atoms with van der Waals surface area (Å²) in [5.74, 6) is 11.3. The molecule has 0 saturated carbocycles. The number of hydrazine groups is 1. The molecule has 1 aromatic rings. The molecule has 0 aliphatic rings. The Morgan fingerprint density at radius 2 is 2.33 bits per heavy atom. The minimum atomic E-state index is 0.0177. The standard InChI is InChI=1S/C11H12BrClN2/c1-2-3-4-11(15-14)9-6-5-8(13)7-10(9)12/h5-7,11,15H,4,14H2,1H3. The average Bonchev–Trinajstić information content (AvgIpc) is 2.21. The summed E-state index contributed by atoms with van der Waals surface area (Å²) in [5.41, 5.74) is 3.80. The van der Waals surface area contributed by atoms with Crippen molar-refractivity contribution in [1.82, 2.24) is 5.43 Å². The van der Waals surface area contributed by atoms with Crippen molar-refractivity contribution in [2.45, 2.75) is 19.4 Å². The molecule has 0 aliphatic carbocycles. The molecule has 3 N–H and O–H groups in total. The number of nitrogens with one attached hydrogen (secondary N) is 1. The third kappa shape index (κ3) is 3.51. The van der Waals surface area contributed by atoms with Gasteiger partial charge in [0.2, 0.25) is 0 Å². The molecule has 0 aliphatic heterocycles. The third-order valence-corrected chi connectivity index (χ3v) is 2.94. The third-order valence-electron chi connectivity index (χ3n) is 2.02. The second-order valence-electron chi connectivity index (χ2n) is 3.02. The quantitative estimate of drug-likeness (QED) is 0.509. The van der Waals surface area contributed by atoms with Crippen molar-refractivity contribution in [3.63, 3.8) is 0 Å². The topological polar surface area (TPSA) is 38.0 Å². The molecular formula is C11H12BrClN2. The molecule has 0 spiro atoms. The van der Waals surface area contributed by atoms with Crippen LogP contribution >= 0.6 is 27.5 Å². The zero-order chi connectivity index (χ0) is 11.3. The molecule has 0 amide bonds. The van der Waals surface area contributed by atoms with Crippen molar-refractivity contribution < 1.29 is 0 Å². The Labute approximate surface area is 103 Å². The summed E-state index contributed by atoms with van der Waals surface area (Å²) in [6.07, 6.45) is 0.674. The molecular weight excluding hydrogens is 275 g/mol. The summed E-state index contributed by atoms with van der Waals surface area (Å²) >= 11 is 9.31. The van der Waals surface area contributed by atoms with Gasteiger partial charge in [-0.25, -0.2) is 0 Å². The fourth-order valence-corrected chi connectivity index (χ4v) is 2.21. The van der Waals surface area contributed by atoms with E-state index in [1.165, 1.54) is 0 Å². The highest BCUT2D eigenvalue weighted by Crippen LogP contribution is 2.27. The highest BCUT2D eigenvalue weighted by atomic mass is 79.9. The Hall–Kier alpha value is -0.530. The number of rotatable bonds is 3. The summed E-state index contributed by atoms with van der Waals surface area (Å²) in [6, 6.07) is 5.64. The maximum Gasteiger partial charge on any atom is 0.0580 e. The van der Waals surface area contributed by atoms with Gasteiger partial charge in [0.1, 0.15) is 0 Å². The minimum absolute atomic E-state index is 0.0177. The van der Waals surface area contributed by atoms with Gasteiger partial charge < -0.3 is 0 Å². The lowest BCUT2D eigenvalue weighted by atomic mass is 10.0. The normalized spacial score (nSPS) is 11.7. The average molecular weight is 288 g/mol. The highest BCUT2D eigenvalue weighted by Gasteiger charge is 2.11. The summed E-state index contributed by atoms with van der Waals surface area (Å²) in [7, 11) is 0. The van der Waals surface area contributed by atoms with Crippen molar-refractivity contribution >= 4 is 27.5 Å². The van der Waals surface area contributed by atoms with E-state index in [1.807, 2.05) is 25.1 Å². The van der Waals surface area contributed by atoms with Gasteiger partial charge >= 0.3 is 0 Å². The molecule has 1 aromatic carbocycles. The maximum atomic E-state index is 5.86. The molecule has 0 heterocycles. The van der Waals surface area contributed by atoms with Crippen LogP contribution in [0.1, 0.15) is 24.9 Å². The maximum absolute atomic E-state index is 5.86. The number of hydrogen-bond acceptors (Lipinski definition) is 2. The smallest absolute Gasteiger partial charge is 0.0580 e. The largest absolute Gasteiger partial charge is 0.271 e. The molecule has 1 rings (SSSR count). The number of halogens is 2. The molecule has 1 atom stereocenters. The Bertz CT molecular complexity index is 395. The minimum Gasteiger partial charge on any atom is -0.271 e. The summed E-state index contributed by atoms with van der Waals surface area (Å²) < 4.78 is 0.941. The highest BCUT2D eigenvalue weighted by molar-refractivity contribution is 9.10. The fraction of sp³-hybridized carbons (Fsp3) is 0.273. The number of nitrogens with two attached hydrogens (primary N) is 1. The molecule has 2 nitrogen and oxygen atoms in total. The van der Waals surface area contributed by atoms with Crippen molar-refractivity contribution in [2.24, 2.45) is 5.84 Å². The molecule has 0 fully saturated rings. The first-order valence-electron chi connectivity index (χ1n) is 4.49. The van der Waals surface area contributed by atoms with Crippen LogP contribution in [0.4, 0.5) is 0 Å². The summed E-state index contributed by atoms with van der Waals surface area (Å²) in [6.45, 7) is 1.81. The van der Waals surface area contributed by atoms with Crippen molar-refractivity contribution in [3.05, 3.63) is 33.3 Å². The lowest BCUT2D eigenvalue weighted by Gasteiger charge is -2.15. The molecule has 0 bridgehead atoms. The Balaban J connectivity index is 2.94. The van der Waals surface area contributed by atoms with Crippen molar-refractivity contribution in [1.29, 1.82) is 0 Å². The van der Waals surface area contributed by atoms with Gasteiger partial charge in [-0.05, 0) is 24.6 Å². The van der Waals surface area contributed by atoms with E-state index >= 15 is 0 Å². The van der Waals surface area contributed by atoms with Gasteiger partial charge in [-0.2, -0.15) is 0 Å². The van der Waals surface area contributed by atoms with E-state index in [0.717, 1.165) is 10.0 Å². The van der Waals surface area contributed by atoms with Crippen LogP contribution in [0.25, 0.3) is 0 Å². The van der Waals surface area contributed by atoms with Crippen LogP contribution in [-0.2, 0) is 0 Å². The first-order chi connectivity index (χ1) is 7.19. The van der Waals surface area contributed by atoms with Gasteiger partial charge in [-0.3, -0.25) is 11.3 Å². The van der Waals surface area contributed by atoms with Crippen LogP contribution in [-0.4, -0.2) is 0 Å². The van der Waals surface area contributed by atoms with Crippen LogP contribution in [0.3, 0.4) is 0 Å². The van der Waals surface area contributed by atoms with Gasteiger partial charge in [0, 0.05) is 15.9 Å². The molecule has 15 heavy (non-hydrogen) atoms. The molecule has 1 unspecified atom stereocenters. The van der Waals surface area contributed by atoms with Gasteiger partial charge in [0.15, 0.2) is 0 Å². The van der Waals surface area contributed by atoms with E-state index < -0.39 is 0 Å². The van der Waals surface area contributed by atoms with E-state index in [4.69, 9.17) is 17.4 Å². The van der Waals surface area contributed by atoms with E-state index in [0.29, 0.717) is 11.4 Å². The van der Waals surface area contributed by atoms with Crippen molar-refractivity contribution in [3.8, 4) is 11.8 Å². The zero-order valence-corrected chi connectivity index (χ0v) is 10.7. The Morgan fingerprint density at radius 1 is 1.60 bits per heavy atom. The number of hydrogen-bond donors (Lipinski definition) is 2.